The molecule has 0 aromatic heterocycles. The fourth-order valence-electron chi connectivity index (χ4n) is 2.02. The minimum Gasteiger partial charge on any atom is -0.398 e. The zero-order valence-electron chi connectivity index (χ0n) is 15.0. The van der Waals surface area contributed by atoms with Gasteiger partial charge in [-0.3, -0.25) is 4.79 Å². The molecule has 0 aliphatic heterocycles. The summed E-state index contributed by atoms with van der Waals surface area (Å²) in [6.07, 6.45) is -4.54. The van der Waals surface area contributed by atoms with Crippen molar-refractivity contribution in [1.29, 1.82) is 0 Å². The lowest BCUT2D eigenvalue weighted by atomic mass is 10.1. The summed E-state index contributed by atoms with van der Waals surface area (Å²) in [4.78, 5) is 12.1. The molecule has 1 amide bonds. The van der Waals surface area contributed by atoms with Gasteiger partial charge in [0.2, 0.25) is 0 Å². The molecule has 0 bridgehead atoms. The van der Waals surface area contributed by atoms with Crippen LogP contribution >= 0.6 is 11.6 Å². The topological polar surface area (TPSA) is 67.2 Å². The Morgan fingerprint density at radius 2 is 1.81 bits per heavy atom. The van der Waals surface area contributed by atoms with Gasteiger partial charge in [-0.15, -0.1) is 0 Å². The normalized spacial score (nSPS) is 10.7. The number of hydrogen-bond donors (Lipinski definition) is 3. The van der Waals surface area contributed by atoms with Crippen LogP contribution in [0.3, 0.4) is 0 Å². The summed E-state index contributed by atoms with van der Waals surface area (Å²) in [6.45, 7) is 4.21. The third-order valence-electron chi connectivity index (χ3n) is 3.30. The second kappa shape index (κ2) is 9.45. The highest BCUT2D eigenvalue weighted by molar-refractivity contribution is 6.31. The number of amides is 1. The van der Waals surface area contributed by atoms with Crippen molar-refractivity contribution in [3.63, 3.8) is 0 Å². The molecular formula is C18H20ClF4N3O. The Balaban J connectivity index is 0.00000176. The molecular weight excluding hydrogens is 386 g/mol. The Morgan fingerprint density at radius 1 is 1.19 bits per heavy atom. The summed E-state index contributed by atoms with van der Waals surface area (Å²) in [5, 5.41) is 4.49. The summed E-state index contributed by atoms with van der Waals surface area (Å²) in [5.74, 6) is -1.57. The highest BCUT2D eigenvalue weighted by Crippen LogP contribution is 2.28. The number of carbonyl (C=O) groups excluding carboxylic acids is 1. The average molecular weight is 406 g/mol. The van der Waals surface area contributed by atoms with Crippen LogP contribution in [0.2, 0.25) is 5.02 Å². The van der Waals surface area contributed by atoms with Crippen molar-refractivity contribution < 1.29 is 22.4 Å². The van der Waals surface area contributed by atoms with Gasteiger partial charge in [-0.25, -0.2) is 4.39 Å². The molecule has 0 saturated carbocycles. The van der Waals surface area contributed by atoms with Gasteiger partial charge in [0.1, 0.15) is 12.4 Å². The van der Waals surface area contributed by atoms with Crippen molar-refractivity contribution in [1.82, 2.24) is 5.32 Å². The van der Waals surface area contributed by atoms with Crippen LogP contribution in [-0.4, -0.2) is 18.6 Å². The third kappa shape index (κ3) is 6.63. The fourth-order valence-corrected chi connectivity index (χ4v) is 2.20. The Kier molecular flexibility index (Phi) is 7.90. The van der Waals surface area contributed by atoms with Gasteiger partial charge in [0, 0.05) is 11.4 Å². The molecule has 0 fully saturated rings. The van der Waals surface area contributed by atoms with Crippen molar-refractivity contribution in [2.75, 3.05) is 17.6 Å². The number of aryl methyl sites for hydroxylation is 1. The van der Waals surface area contributed by atoms with Gasteiger partial charge in [0.15, 0.2) is 0 Å². The largest absolute Gasteiger partial charge is 0.405 e. The van der Waals surface area contributed by atoms with Crippen LogP contribution in [0.25, 0.3) is 0 Å². The molecule has 9 heteroatoms. The van der Waals surface area contributed by atoms with Gasteiger partial charge in [0.25, 0.3) is 5.91 Å². The van der Waals surface area contributed by atoms with Crippen LogP contribution in [0.5, 0.6) is 0 Å². The van der Waals surface area contributed by atoms with E-state index in [4.69, 9.17) is 17.3 Å². The van der Waals surface area contributed by atoms with Crippen molar-refractivity contribution >= 4 is 34.6 Å². The van der Waals surface area contributed by atoms with Crippen LogP contribution in [-0.2, 0) is 0 Å². The quantitative estimate of drug-likeness (QED) is 0.469. The SMILES string of the molecule is CC.Cc1cc(Nc2ccc(F)c(Cl)c2)c(C(=O)NCC(F)(F)F)cc1N. The number of nitrogens with two attached hydrogens (primary N) is 1. The lowest BCUT2D eigenvalue weighted by Crippen LogP contribution is -2.34. The zero-order valence-corrected chi connectivity index (χ0v) is 15.7. The number of alkyl halides is 3. The lowest BCUT2D eigenvalue weighted by molar-refractivity contribution is -0.123. The number of nitrogen functional groups attached to an aromatic ring is 1. The number of nitrogens with one attached hydrogen (secondary N) is 2. The van der Waals surface area contributed by atoms with Gasteiger partial charge >= 0.3 is 6.18 Å². The van der Waals surface area contributed by atoms with Crippen molar-refractivity contribution in [2.45, 2.75) is 26.9 Å². The summed E-state index contributed by atoms with van der Waals surface area (Å²) < 4.78 is 50.1. The standard InChI is InChI=1S/C16H14ClF4N3O.C2H6/c1-8-4-14(24-9-2-3-12(18)11(17)5-9)10(6-13(8)22)15(25)23-7-16(19,20)21;1-2/h2-6,24H,7,22H2,1H3,(H,23,25);1-2H3. The van der Waals surface area contributed by atoms with Crippen LogP contribution < -0.4 is 16.4 Å². The first-order valence-electron chi connectivity index (χ1n) is 8.04. The van der Waals surface area contributed by atoms with E-state index < -0.39 is 24.4 Å². The molecule has 4 nitrogen and oxygen atoms in total. The number of hydrogen-bond acceptors (Lipinski definition) is 3. The second-order valence-electron chi connectivity index (χ2n) is 5.31. The second-order valence-corrected chi connectivity index (χ2v) is 5.71. The summed E-state index contributed by atoms with van der Waals surface area (Å²) in [6, 6.07) is 6.58. The van der Waals surface area contributed by atoms with E-state index in [1.807, 2.05) is 13.8 Å². The Morgan fingerprint density at radius 3 is 2.37 bits per heavy atom. The minimum atomic E-state index is -4.54. The maximum Gasteiger partial charge on any atom is 0.405 e. The van der Waals surface area contributed by atoms with E-state index in [1.54, 1.807) is 12.2 Å². The minimum absolute atomic E-state index is 0.0761. The summed E-state index contributed by atoms with van der Waals surface area (Å²) in [5.41, 5.74) is 7.11. The van der Waals surface area contributed by atoms with Crippen LogP contribution in [0.15, 0.2) is 30.3 Å². The van der Waals surface area contributed by atoms with Gasteiger partial charge in [-0.1, -0.05) is 25.4 Å². The smallest absolute Gasteiger partial charge is 0.398 e. The molecule has 0 saturated heterocycles. The van der Waals surface area contributed by atoms with Crippen molar-refractivity contribution in [3.8, 4) is 0 Å². The monoisotopic (exact) mass is 405 g/mol. The lowest BCUT2D eigenvalue weighted by Gasteiger charge is -2.16. The molecule has 27 heavy (non-hydrogen) atoms. The van der Waals surface area contributed by atoms with E-state index in [1.165, 1.54) is 24.3 Å². The van der Waals surface area contributed by atoms with Gasteiger partial charge in [-0.05, 0) is 42.8 Å². The predicted octanol–water partition coefficient (Wildman–Crippen LogP) is 5.43. The summed E-state index contributed by atoms with van der Waals surface area (Å²) >= 11 is 5.70. The van der Waals surface area contributed by atoms with E-state index in [2.05, 4.69) is 5.32 Å². The summed E-state index contributed by atoms with van der Waals surface area (Å²) in [7, 11) is 0. The van der Waals surface area contributed by atoms with Crippen molar-refractivity contribution in [3.05, 3.63) is 52.3 Å². The van der Waals surface area contributed by atoms with Gasteiger partial charge in [0.05, 0.1) is 16.3 Å². The fraction of sp³-hybridized carbons (Fsp3) is 0.278. The highest BCUT2D eigenvalue weighted by atomic mass is 35.5. The first kappa shape index (κ1) is 22.6. The number of benzene rings is 2. The number of rotatable bonds is 4. The predicted molar refractivity (Wildman–Crippen MR) is 100 cm³/mol. The molecule has 2 aromatic carbocycles. The first-order chi connectivity index (χ1) is 12.6. The molecule has 0 radical (unpaired) electrons. The van der Waals surface area contributed by atoms with E-state index in [0.29, 0.717) is 11.3 Å². The molecule has 0 aliphatic rings. The molecule has 4 N–H and O–H groups in total. The molecule has 0 spiro atoms. The maximum absolute atomic E-state index is 13.2. The molecule has 0 aliphatic carbocycles. The highest BCUT2D eigenvalue weighted by Gasteiger charge is 2.28. The maximum atomic E-state index is 13.2. The number of carbonyl (C=O) groups is 1. The molecule has 0 atom stereocenters. The zero-order chi connectivity index (χ0) is 20.8. The molecule has 148 valence electrons. The van der Waals surface area contributed by atoms with Gasteiger partial charge in [-0.2, -0.15) is 13.2 Å². The Bertz CT molecular complexity index is 810. The van der Waals surface area contributed by atoms with Crippen LogP contribution in [0.4, 0.5) is 34.6 Å². The average Bonchev–Trinajstić information content (AvgIpc) is 2.60. The number of halogens is 5. The molecule has 2 aromatic rings. The number of anilines is 3. The van der Waals surface area contributed by atoms with E-state index >= 15 is 0 Å². The van der Waals surface area contributed by atoms with Crippen LogP contribution in [0.1, 0.15) is 29.8 Å². The Labute approximate surface area is 159 Å². The Hall–Kier alpha value is -2.48. The third-order valence-corrected chi connectivity index (χ3v) is 3.59. The molecule has 2 rings (SSSR count). The van der Waals surface area contributed by atoms with E-state index in [0.717, 1.165) is 6.07 Å². The first-order valence-corrected chi connectivity index (χ1v) is 8.42. The molecule has 0 unspecified atom stereocenters. The van der Waals surface area contributed by atoms with Crippen LogP contribution in [0, 0.1) is 12.7 Å². The van der Waals surface area contributed by atoms with Gasteiger partial charge < -0.3 is 16.4 Å². The molecule has 0 heterocycles. The van der Waals surface area contributed by atoms with Crippen molar-refractivity contribution in [2.24, 2.45) is 0 Å². The van der Waals surface area contributed by atoms with E-state index in [-0.39, 0.29) is 22.0 Å². The van der Waals surface area contributed by atoms with E-state index in [9.17, 15) is 22.4 Å².